The molecular formula is C11H15N3O. The number of carbonyl (C=O) groups is 1. The van der Waals surface area contributed by atoms with Gasteiger partial charge in [0.05, 0.1) is 5.56 Å². The van der Waals surface area contributed by atoms with Gasteiger partial charge in [0.1, 0.15) is 0 Å². The molecule has 0 saturated heterocycles. The highest BCUT2D eigenvalue weighted by molar-refractivity contribution is 5.73. The van der Waals surface area contributed by atoms with Crippen molar-refractivity contribution in [2.75, 3.05) is 18.5 Å². The maximum Gasteiger partial charge on any atom is 0.225 e. The van der Waals surface area contributed by atoms with Crippen LogP contribution in [0.4, 0.5) is 5.95 Å². The lowest BCUT2D eigenvalue weighted by molar-refractivity contribution is 0.112. The molecule has 0 aliphatic rings. The van der Waals surface area contributed by atoms with E-state index < -0.39 is 0 Å². The van der Waals surface area contributed by atoms with Gasteiger partial charge in [0, 0.05) is 26.0 Å². The smallest absolute Gasteiger partial charge is 0.225 e. The minimum Gasteiger partial charge on any atom is -0.344 e. The predicted octanol–water partition coefficient (Wildman–Crippen LogP) is 1.69. The van der Waals surface area contributed by atoms with Crippen LogP contribution in [0.15, 0.2) is 25.0 Å². The summed E-state index contributed by atoms with van der Waals surface area (Å²) in [5.41, 5.74) is 0.498. The molecule has 0 unspecified atom stereocenters. The summed E-state index contributed by atoms with van der Waals surface area (Å²) in [4.78, 5) is 20.5. The predicted molar refractivity (Wildman–Crippen MR) is 60.1 cm³/mol. The molecule has 0 bridgehead atoms. The van der Waals surface area contributed by atoms with Gasteiger partial charge < -0.3 is 4.90 Å². The van der Waals surface area contributed by atoms with E-state index in [-0.39, 0.29) is 0 Å². The molecule has 0 spiro atoms. The number of rotatable bonds is 6. The van der Waals surface area contributed by atoms with E-state index >= 15 is 0 Å². The third-order valence-corrected chi connectivity index (χ3v) is 2.04. The molecule has 0 saturated carbocycles. The van der Waals surface area contributed by atoms with Crippen molar-refractivity contribution < 1.29 is 4.79 Å². The number of unbranched alkanes of at least 4 members (excludes halogenated alkanes) is 1. The van der Waals surface area contributed by atoms with Crippen molar-refractivity contribution >= 4 is 12.2 Å². The summed E-state index contributed by atoms with van der Waals surface area (Å²) in [5, 5.41) is 0. The van der Waals surface area contributed by atoms with Gasteiger partial charge in [-0.2, -0.15) is 0 Å². The molecule has 0 N–H and O–H groups in total. The maximum atomic E-state index is 10.4. The van der Waals surface area contributed by atoms with Crippen LogP contribution < -0.4 is 4.90 Å². The Hall–Kier alpha value is -1.71. The van der Waals surface area contributed by atoms with Gasteiger partial charge in [-0.1, -0.05) is 6.08 Å². The van der Waals surface area contributed by atoms with Crippen molar-refractivity contribution in [3.8, 4) is 0 Å². The van der Waals surface area contributed by atoms with Gasteiger partial charge in [0.2, 0.25) is 5.95 Å². The van der Waals surface area contributed by atoms with Crippen molar-refractivity contribution in [1.82, 2.24) is 9.97 Å². The number of aromatic nitrogens is 2. The number of aldehydes is 1. The second-order valence-corrected chi connectivity index (χ2v) is 3.29. The van der Waals surface area contributed by atoms with Crippen LogP contribution in [0.25, 0.3) is 0 Å². The van der Waals surface area contributed by atoms with E-state index in [0.717, 1.165) is 25.7 Å². The van der Waals surface area contributed by atoms with Crippen LogP contribution in [0, 0.1) is 0 Å². The maximum absolute atomic E-state index is 10.4. The van der Waals surface area contributed by atoms with Gasteiger partial charge in [0.15, 0.2) is 6.29 Å². The third-order valence-electron chi connectivity index (χ3n) is 2.04. The van der Waals surface area contributed by atoms with Crippen molar-refractivity contribution in [2.24, 2.45) is 0 Å². The Morgan fingerprint density at radius 2 is 2.13 bits per heavy atom. The molecule has 0 amide bonds. The van der Waals surface area contributed by atoms with Crippen LogP contribution in [0.1, 0.15) is 23.2 Å². The van der Waals surface area contributed by atoms with Gasteiger partial charge in [-0.3, -0.25) is 4.79 Å². The monoisotopic (exact) mass is 205 g/mol. The molecule has 15 heavy (non-hydrogen) atoms. The molecule has 80 valence electrons. The number of hydrogen-bond donors (Lipinski definition) is 0. The Bertz CT molecular complexity index is 321. The topological polar surface area (TPSA) is 46.1 Å². The second-order valence-electron chi connectivity index (χ2n) is 3.29. The van der Waals surface area contributed by atoms with E-state index in [9.17, 15) is 4.79 Å². The first kappa shape index (κ1) is 11.4. The van der Waals surface area contributed by atoms with Crippen LogP contribution in [0.2, 0.25) is 0 Å². The fraction of sp³-hybridized carbons (Fsp3) is 0.364. The zero-order chi connectivity index (χ0) is 11.1. The van der Waals surface area contributed by atoms with Crippen LogP contribution in [0.3, 0.4) is 0 Å². The van der Waals surface area contributed by atoms with E-state index in [4.69, 9.17) is 0 Å². The molecule has 1 rings (SSSR count). The Kier molecular flexibility index (Phi) is 4.47. The van der Waals surface area contributed by atoms with Crippen molar-refractivity contribution in [1.29, 1.82) is 0 Å². The molecule has 0 atom stereocenters. The van der Waals surface area contributed by atoms with Crippen LogP contribution >= 0.6 is 0 Å². The molecule has 1 heterocycles. The number of allylic oxidation sites excluding steroid dienone is 1. The van der Waals surface area contributed by atoms with Crippen LogP contribution in [0.5, 0.6) is 0 Å². The number of nitrogens with zero attached hydrogens (tertiary/aromatic N) is 3. The lowest BCUT2D eigenvalue weighted by Crippen LogP contribution is -2.20. The number of hydrogen-bond acceptors (Lipinski definition) is 4. The summed E-state index contributed by atoms with van der Waals surface area (Å²) in [6, 6.07) is 0. The van der Waals surface area contributed by atoms with Gasteiger partial charge >= 0.3 is 0 Å². The highest BCUT2D eigenvalue weighted by Crippen LogP contribution is 2.05. The lowest BCUT2D eigenvalue weighted by Gasteiger charge is -2.15. The molecule has 0 aromatic carbocycles. The van der Waals surface area contributed by atoms with Crippen LogP contribution in [-0.4, -0.2) is 29.8 Å². The molecule has 4 heteroatoms. The van der Waals surface area contributed by atoms with Crippen LogP contribution in [-0.2, 0) is 0 Å². The molecule has 0 aliphatic carbocycles. The molecule has 0 radical (unpaired) electrons. The van der Waals surface area contributed by atoms with Gasteiger partial charge in [0.25, 0.3) is 0 Å². The molecular weight excluding hydrogens is 190 g/mol. The number of anilines is 1. The highest BCUT2D eigenvalue weighted by Gasteiger charge is 2.02. The van der Waals surface area contributed by atoms with E-state index in [1.165, 1.54) is 12.4 Å². The molecule has 1 aromatic heterocycles. The summed E-state index contributed by atoms with van der Waals surface area (Å²) in [7, 11) is 1.93. The molecule has 0 aliphatic heterocycles. The van der Waals surface area contributed by atoms with Crippen molar-refractivity contribution in [2.45, 2.75) is 12.8 Å². The Morgan fingerprint density at radius 3 is 2.67 bits per heavy atom. The Morgan fingerprint density at radius 1 is 1.47 bits per heavy atom. The Balaban J connectivity index is 2.53. The molecule has 4 nitrogen and oxygen atoms in total. The average Bonchev–Trinajstić information content (AvgIpc) is 2.29. The highest BCUT2D eigenvalue weighted by atomic mass is 16.1. The third kappa shape index (κ3) is 3.50. The first-order valence-corrected chi connectivity index (χ1v) is 4.87. The first-order valence-electron chi connectivity index (χ1n) is 4.87. The first-order chi connectivity index (χ1) is 7.27. The fourth-order valence-corrected chi connectivity index (χ4v) is 1.16. The summed E-state index contributed by atoms with van der Waals surface area (Å²) < 4.78 is 0. The normalized spacial score (nSPS) is 9.67. The quantitative estimate of drug-likeness (QED) is 0.403. The SMILES string of the molecule is C=CCCCN(C)c1ncc(C=O)cn1. The van der Waals surface area contributed by atoms with E-state index in [2.05, 4.69) is 16.5 Å². The minimum atomic E-state index is 0.498. The zero-order valence-corrected chi connectivity index (χ0v) is 8.89. The summed E-state index contributed by atoms with van der Waals surface area (Å²) in [6.07, 6.45) is 7.69. The second kappa shape index (κ2) is 5.90. The number of carbonyl (C=O) groups excluding carboxylic acids is 1. The van der Waals surface area contributed by atoms with Gasteiger partial charge in [-0.15, -0.1) is 6.58 Å². The van der Waals surface area contributed by atoms with Crippen molar-refractivity contribution in [3.05, 3.63) is 30.6 Å². The van der Waals surface area contributed by atoms with E-state index in [1.54, 1.807) is 0 Å². The fourth-order valence-electron chi connectivity index (χ4n) is 1.16. The summed E-state index contributed by atoms with van der Waals surface area (Å²) >= 11 is 0. The van der Waals surface area contributed by atoms with E-state index in [0.29, 0.717) is 11.5 Å². The largest absolute Gasteiger partial charge is 0.344 e. The standard InChI is InChI=1S/C11H15N3O/c1-3-4-5-6-14(2)11-12-7-10(9-15)8-13-11/h3,7-9H,1,4-6H2,2H3. The minimum absolute atomic E-state index is 0.498. The van der Waals surface area contributed by atoms with Gasteiger partial charge in [-0.05, 0) is 12.8 Å². The zero-order valence-electron chi connectivity index (χ0n) is 8.89. The lowest BCUT2D eigenvalue weighted by atomic mass is 10.3. The molecule has 0 fully saturated rings. The van der Waals surface area contributed by atoms with Crippen molar-refractivity contribution in [3.63, 3.8) is 0 Å². The average molecular weight is 205 g/mol. The summed E-state index contributed by atoms with van der Waals surface area (Å²) in [6.45, 7) is 4.55. The van der Waals surface area contributed by atoms with E-state index in [1.807, 2.05) is 18.0 Å². The Labute approximate surface area is 89.7 Å². The van der Waals surface area contributed by atoms with Gasteiger partial charge in [-0.25, -0.2) is 9.97 Å². The molecule has 1 aromatic rings. The summed E-state index contributed by atoms with van der Waals surface area (Å²) in [5.74, 6) is 0.643.